The van der Waals surface area contributed by atoms with Crippen LogP contribution in [0.15, 0.2) is 24.3 Å². The van der Waals surface area contributed by atoms with Crippen LogP contribution in [0.4, 0.5) is 0 Å². The van der Waals surface area contributed by atoms with Crippen LogP contribution in [0.5, 0.6) is 5.75 Å². The van der Waals surface area contributed by atoms with Crippen molar-refractivity contribution in [2.45, 2.75) is 49.7 Å². The molecule has 136 valence electrons. The molecule has 0 spiro atoms. The van der Waals surface area contributed by atoms with Crippen LogP contribution in [0.3, 0.4) is 0 Å². The molecule has 1 saturated heterocycles. The fourth-order valence-corrected chi connectivity index (χ4v) is 2.66. The molecular formula is C16H24O8. The Morgan fingerprint density at radius 1 is 1.04 bits per heavy atom. The second-order valence-electron chi connectivity index (χ2n) is 5.93. The molecule has 8 heteroatoms. The maximum atomic E-state index is 10.00. The van der Waals surface area contributed by atoms with Gasteiger partial charge in [-0.15, -0.1) is 0 Å². The Morgan fingerprint density at radius 2 is 1.67 bits per heavy atom. The van der Waals surface area contributed by atoms with Gasteiger partial charge in [-0.2, -0.15) is 0 Å². The Labute approximate surface area is 139 Å². The smallest absolute Gasteiger partial charge is 0.187 e. The first kappa shape index (κ1) is 19.1. The Hall–Kier alpha value is -1.26. The number of hydrogen-bond acceptors (Lipinski definition) is 8. The monoisotopic (exact) mass is 344 g/mol. The summed E-state index contributed by atoms with van der Waals surface area (Å²) < 4.78 is 10.9. The van der Waals surface area contributed by atoms with E-state index in [1.807, 2.05) is 0 Å². The minimum Gasteiger partial charge on any atom is -0.508 e. The molecule has 0 saturated carbocycles. The van der Waals surface area contributed by atoms with Gasteiger partial charge in [-0.1, -0.05) is 19.1 Å². The summed E-state index contributed by atoms with van der Waals surface area (Å²) in [5.41, 5.74) is 0.788. The number of phenolic OH excluding ortho intramolecular Hbond substituents is 1. The van der Waals surface area contributed by atoms with Gasteiger partial charge < -0.3 is 40.1 Å². The van der Waals surface area contributed by atoms with Crippen LogP contribution in [-0.2, 0) is 9.47 Å². The molecule has 2 rings (SSSR count). The van der Waals surface area contributed by atoms with E-state index in [1.165, 1.54) is 12.1 Å². The number of aliphatic hydroxyl groups excluding tert-OH is 5. The molecule has 6 N–H and O–H groups in total. The van der Waals surface area contributed by atoms with Gasteiger partial charge in [0, 0.05) is 5.92 Å². The first-order valence-electron chi connectivity index (χ1n) is 7.74. The van der Waals surface area contributed by atoms with E-state index in [0.717, 1.165) is 5.56 Å². The van der Waals surface area contributed by atoms with E-state index in [9.17, 15) is 30.6 Å². The third kappa shape index (κ3) is 4.04. The van der Waals surface area contributed by atoms with Gasteiger partial charge in [0.05, 0.1) is 19.3 Å². The number of benzene rings is 1. The average Bonchev–Trinajstić information content (AvgIpc) is 2.59. The second-order valence-corrected chi connectivity index (χ2v) is 5.93. The topological polar surface area (TPSA) is 140 Å². The highest BCUT2D eigenvalue weighted by molar-refractivity contribution is 5.28. The van der Waals surface area contributed by atoms with Crippen LogP contribution in [-0.4, -0.2) is 80.7 Å². The second kappa shape index (κ2) is 8.21. The van der Waals surface area contributed by atoms with Gasteiger partial charge in [-0.3, -0.25) is 0 Å². The maximum Gasteiger partial charge on any atom is 0.187 e. The lowest BCUT2D eigenvalue weighted by molar-refractivity contribution is -0.314. The van der Waals surface area contributed by atoms with Crippen LogP contribution >= 0.6 is 0 Å². The first-order chi connectivity index (χ1) is 11.4. The molecule has 24 heavy (non-hydrogen) atoms. The lowest BCUT2D eigenvalue weighted by Crippen LogP contribution is -2.60. The molecule has 1 aromatic carbocycles. The van der Waals surface area contributed by atoms with Crippen molar-refractivity contribution in [1.29, 1.82) is 0 Å². The van der Waals surface area contributed by atoms with Crippen LogP contribution in [0, 0.1) is 0 Å². The van der Waals surface area contributed by atoms with Crippen molar-refractivity contribution < 1.29 is 40.1 Å². The number of aliphatic hydroxyl groups is 5. The highest BCUT2D eigenvalue weighted by Gasteiger charge is 2.45. The Balaban J connectivity index is 2.09. The molecule has 0 bridgehead atoms. The molecular weight excluding hydrogens is 320 g/mol. The number of phenols is 1. The fraction of sp³-hybridized carbons (Fsp3) is 0.625. The van der Waals surface area contributed by atoms with Crippen molar-refractivity contribution in [3.8, 4) is 5.75 Å². The molecule has 7 unspecified atom stereocenters. The minimum absolute atomic E-state index is 0.112. The molecule has 1 aliphatic rings. The zero-order valence-electron chi connectivity index (χ0n) is 13.3. The standard InChI is InChI=1S/C16H24O8/c1-8(9-2-4-10(19)5-3-9)11(6-17)23-16-15(22)14(21)13(20)12(7-18)24-16/h2-5,8,11-22H,6-7H2,1H3. The predicted molar refractivity (Wildman–Crippen MR) is 82.2 cm³/mol. The van der Waals surface area contributed by atoms with Gasteiger partial charge in [-0.25, -0.2) is 0 Å². The van der Waals surface area contributed by atoms with Crippen molar-refractivity contribution in [3.63, 3.8) is 0 Å². The molecule has 1 aromatic rings. The highest BCUT2D eigenvalue weighted by Crippen LogP contribution is 2.28. The number of hydrogen-bond donors (Lipinski definition) is 6. The summed E-state index contributed by atoms with van der Waals surface area (Å²) in [6.45, 7) is 0.858. The summed E-state index contributed by atoms with van der Waals surface area (Å²) in [6.07, 6.45) is -7.68. The van der Waals surface area contributed by atoms with Gasteiger partial charge >= 0.3 is 0 Å². The van der Waals surface area contributed by atoms with Crippen molar-refractivity contribution in [2.24, 2.45) is 0 Å². The Kier molecular flexibility index (Phi) is 6.53. The van der Waals surface area contributed by atoms with Gasteiger partial charge in [0.15, 0.2) is 6.29 Å². The quantitative estimate of drug-likeness (QED) is 0.373. The van der Waals surface area contributed by atoms with Crippen LogP contribution in [0.2, 0.25) is 0 Å². The molecule has 7 atom stereocenters. The lowest BCUT2D eigenvalue weighted by Gasteiger charge is -2.41. The number of rotatable bonds is 6. The van der Waals surface area contributed by atoms with Crippen molar-refractivity contribution in [2.75, 3.05) is 13.2 Å². The summed E-state index contributed by atoms with van der Waals surface area (Å²) in [4.78, 5) is 0. The van der Waals surface area contributed by atoms with Gasteiger partial charge in [-0.05, 0) is 17.7 Å². The first-order valence-corrected chi connectivity index (χ1v) is 7.74. The molecule has 1 aliphatic heterocycles. The molecule has 0 radical (unpaired) electrons. The van der Waals surface area contributed by atoms with E-state index in [4.69, 9.17) is 9.47 Å². The molecule has 0 aromatic heterocycles. The predicted octanol–water partition coefficient (Wildman–Crippen LogP) is -1.33. The number of aromatic hydroxyl groups is 1. The lowest BCUT2D eigenvalue weighted by atomic mass is 9.95. The fourth-order valence-electron chi connectivity index (χ4n) is 2.66. The van der Waals surface area contributed by atoms with Crippen molar-refractivity contribution >= 4 is 0 Å². The van der Waals surface area contributed by atoms with E-state index < -0.39 is 43.4 Å². The molecule has 1 heterocycles. The third-order valence-electron chi connectivity index (χ3n) is 4.31. The zero-order chi connectivity index (χ0) is 17.9. The molecule has 0 aliphatic carbocycles. The largest absolute Gasteiger partial charge is 0.508 e. The van der Waals surface area contributed by atoms with Gasteiger partial charge in [0.25, 0.3) is 0 Å². The van der Waals surface area contributed by atoms with E-state index >= 15 is 0 Å². The summed E-state index contributed by atoms with van der Waals surface area (Å²) in [5, 5.41) is 57.6. The van der Waals surface area contributed by atoms with E-state index in [1.54, 1.807) is 19.1 Å². The SMILES string of the molecule is CC(c1ccc(O)cc1)C(CO)OC1OC(CO)C(O)C(O)C1O. The number of ether oxygens (including phenoxy) is 2. The van der Waals surface area contributed by atoms with Gasteiger partial charge in [0.1, 0.15) is 30.2 Å². The molecule has 1 fully saturated rings. The van der Waals surface area contributed by atoms with Crippen molar-refractivity contribution in [3.05, 3.63) is 29.8 Å². The highest BCUT2D eigenvalue weighted by atomic mass is 16.7. The Bertz CT molecular complexity index is 505. The summed E-state index contributed by atoms with van der Waals surface area (Å²) >= 11 is 0. The zero-order valence-corrected chi connectivity index (χ0v) is 13.3. The van der Waals surface area contributed by atoms with E-state index in [0.29, 0.717) is 0 Å². The summed E-state index contributed by atoms with van der Waals surface area (Å²) in [7, 11) is 0. The third-order valence-corrected chi connectivity index (χ3v) is 4.31. The van der Waals surface area contributed by atoms with Crippen molar-refractivity contribution in [1.82, 2.24) is 0 Å². The normalized spacial score (nSPS) is 33.2. The summed E-state index contributed by atoms with van der Waals surface area (Å²) in [6, 6.07) is 6.38. The Morgan fingerprint density at radius 3 is 2.21 bits per heavy atom. The van der Waals surface area contributed by atoms with Crippen LogP contribution < -0.4 is 0 Å². The molecule has 0 amide bonds. The molecule has 8 nitrogen and oxygen atoms in total. The maximum absolute atomic E-state index is 10.00. The van der Waals surface area contributed by atoms with E-state index in [-0.39, 0.29) is 18.3 Å². The minimum atomic E-state index is -1.54. The summed E-state index contributed by atoms with van der Waals surface area (Å²) in [5.74, 6) is -0.190. The average molecular weight is 344 g/mol. The van der Waals surface area contributed by atoms with Crippen LogP contribution in [0.25, 0.3) is 0 Å². The van der Waals surface area contributed by atoms with Gasteiger partial charge in [0.2, 0.25) is 0 Å². The van der Waals surface area contributed by atoms with E-state index in [2.05, 4.69) is 0 Å². The van der Waals surface area contributed by atoms with Crippen LogP contribution in [0.1, 0.15) is 18.4 Å².